The largest absolute Gasteiger partial charge is 0.328 e. The van der Waals surface area contributed by atoms with Crippen molar-refractivity contribution in [2.24, 2.45) is 5.73 Å². The lowest BCUT2D eigenvalue weighted by atomic mass is 9.95. The molecular weight excluding hydrogens is 281 g/mol. The highest BCUT2D eigenvalue weighted by Crippen LogP contribution is 2.33. The summed E-state index contributed by atoms with van der Waals surface area (Å²) in [5.74, 6) is 0.999. The van der Waals surface area contributed by atoms with Crippen LogP contribution in [0.1, 0.15) is 39.6 Å². The van der Waals surface area contributed by atoms with Gasteiger partial charge in [0.25, 0.3) is 0 Å². The summed E-state index contributed by atoms with van der Waals surface area (Å²) in [5.41, 5.74) is 7.60. The molecule has 2 N–H and O–H groups in total. The standard InChI is InChI=1S/C14H19Cl2N3/c1-8(7-17)19-12-6-10(16)9(15)5-11(12)18-13(19)14(2,3)4/h5-6,8H,7,17H2,1-4H3. The molecule has 1 aromatic heterocycles. The molecule has 1 unspecified atom stereocenters. The van der Waals surface area contributed by atoms with E-state index in [1.807, 2.05) is 12.1 Å². The third kappa shape index (κ3) is 2.60. The summed E-state index contributed by atoms with van der Waals surface area (Å²) < 4.78 is 2.16. The van der Waals surface area contributed by atoms with E-state index in [0.717, 1.165) is 16.9 Å². The molecule has 2 rings (SSSR count). The van der Waals surface area contributed by atoms with Crippen molar-refractivity contribution in [1.29, 1.82) is 0 Å². The first kappa shape index (κ1) is 14.6. The van der Waals surface area contributed by atoms with Crippen LogP contribution in [-0.2, 0) is 5.41 Å². The molecule has 0 spiro atoms. The molecule has 0 amide bonds. The van der Waals surface area contributed by atoms with Gasteiger partial charge in [0, 0.05) is 18.0 Å². The smallest absolute Gasteiger partial charge is 0.115 e. The fraction of sp³-hybridized carbons (Fsp3) is 0.500. The minimum Gasteiger partial charge on any atom is -0.328 e. The van der Waals surface area contributed by atoms with Gasteiger partial charge in [0.05, 0.1) is 21.1 Å². The third-order valence-corrected chi connectivity index (χ3v) is 3.91. The van der Waals surface area contributed by atoms with Crippen LogP contribution in [-0.4, -0.2) is 16.1 Å². The molecule has 1 heterocycles. The molecule has 19 heavy (non-hydrogen) atoms. The van der Waals surface area contributed by atoms with E-state index in [1.165, 1.54) is 0 Å². The van der Waals surface area contributed by atoms with Crippen LogP contribution in [0, 0.1) is 0 Å². The second-order valence-corrected chi connectivity index (χ2v) is 6.71. The summed E-state index contributed by atoms with van der Waals surface area (Å²) in [6.07, 6.45) is 0. The predicted molar refractivity (Wildman–Crippen MR) is 82.2 cm³/mol. The van der Waals surface area contributed by atoms with Crippen molar-refractivity contribution in [2.45, 2.75) is 39.2 Å². The molecule has 0 aliphatic rings. The van der Waals surface area contributed by atoms with Crippen LogP contribution >= 0.6 is 23.2 Å². The van der Waals surface area contributed by atoms with E-state index < -0.39 is 0 Å². The molecule has 0 bridgehead atoms. The summed E-state index contributed by atoms with van der Waals surface area (Å²) in [5, 5.41) is 1.07. The van der Waals surface area contributed by atoms with Crippen LogP contribution in [0.4, 0.5) is 0 Å². The van der Waals surface area contributed by atoms with Gasteiger partial charge in [-0.05, 0) is 19.1 Å². The number of imidazole rings is 1. The second kappa shape index (κ2) is 4.97. The molecule has 104 valence electrons. The Morgan fingerprint density at radius 1 is 1.26 bits per heavy atom. The van der Waals surface area contributed by atoms with Crippen LogP contribution in [0.25, 0.3) is 11.0 Å². The number of benzene rings is 1. The van der Waals surface area contributed by atoms with Gasteiger partial charge in [0.2, 0.25) is 0 Å². The number of rotatable bonds is 2. The van der Waals surface area contributed by atoms with Crippen molar-refractivity contribution in [3.8, 4) is 0 Å². The highest BCUT2D eigenvalue weighted by Gasteiger charge is 2.25. The van der Waals surface area contributed by atoms with Gasteiger partial charge in [0.15, 0.2) is 0 Å². The van der Waals surface area contributed by atoms with Gasteiger partial charge in [-0.25, -0.2) is 4.98 Å². The first-order chi connectivity index (χ1) is 8.75. The Morgan fingerprint density at radius 2 is 1.84 bits per heavy atom. The van der Waals surface area contributed by atoms with Gasteiger partial charge in [0.1, 0.15) is 5.82 Å². The Hall–Kier alpha value is -0.770. The maximum Gasteiger partial charge on any atom is 0.115 e. The van der Waals surface area contributed by atoms with Gasteiger partial charge in [-0.15, -0.1) is 0 Å². The fourth-order valence-corrected chi connectivity index (χ4v) is 2.49. The molecule has 2 aromatic rings. The van der Waals surface area contributed by atoms with E-state index in [0.29, 0.717) is 16.6 Å². The van der Waals surface area contributed by atoms with Crippen molar-refractivity contribution >= 4 is 34.2 Å². The average Bonchev–Trinajstić information content (AvgIpc) is 2.67. The summed E-state index contributed by atoms with van der Waals surface area (Å²) in [7, 11) is 0. The molecule has 1 aromatic carbocycles. The second-order valence-electron chi connectivity index (χ2n) is 5.90. The molecule has 0 aliphatic carbocycles. The number of halogens is 2. The zero-order valence-electron chi connectivity index (χ0n) is 11.7. The van der Waals surface area contributed by atoms with Crippen LogP contribution < -0.4 is 5.73 Å². The number of nitrogens with zero attached hydrogens (tertiary/aromatic N) is 2. The monoisotopic (exact) mass is 299 g/mol. The van der Waals surface area contributed by atoms with E-state index in [-0.39, 0.29) is 11.5 Å². The Labute approximate surface area is 123 Å². The van der Waals surface area contributed by atoms with Crippen LogP contribution in [0.15, 0.2) is 12.1 Å². The molecule has 0 saturated carbocycles. The van der Waals surface area contributed by atoms with Gasteiger partial charge in [-0.3, -0.25) is 0 Å². The zero-order valence-corrected chi connectivity index (χ0v) is 13.2. The highest BCUT2D eigenvalue weighted by molar-refractivity contribution is 6.42. The maximum absolute atomic E-state index is 6.13. The van der Waals surface area contributed by atoms with Crippen LogP contribution in [0.5, 0.6) is 0 Å². The molecule has 3 nitrogen and oxygen atoms in total. The van der Waals surface area contributed by atoms with E-state index in [9.17, 15) is 0 Å². The van der Waals surface area contributed by atoms with E-state index in [2.05, 4.69) is 32.3 Å². The SMILES string of the molecule is CC(CN)n1c(C(C)(C)C)nc2cc(Cl)c(Cl)cc21. The number of nitrogens with two attached hydrogens (primary N) is 1. The summed E-state index contributed by atoms with van der Waals surface area (Å²) in [6, 6.07) is 3.85. The minimum absolute atomic E-state index is 0.0681. The molecule has 0 radical (unpaired) electrons. The van der Waals surface area contributed by atoms with Gasteiger partial charge >= 0.3 is 0 Å². The fourth-order valence-electron chi connectivity index (χ4n) is 2.17. The van der Waals surface area contributed by atoms with Crippen LogP contribution in [0.3, 0.4) is 0 Å². The summed E-state index contributed by atoms with van der Waals surface area (Å²) in [4.78, 5) is 4.72. The summed E-state index contributed by atoms with van der Waals surface area (Å²) >= 11 is 12.2. The van der Waals surface area contributed by atoms with E-state index in [4.69, 9.17) is 33.9 Å². The first-order valence-electron chi connectivity index (χ1n) is 6.33. The summed E-state index contributed by atoms with van der Waals surface area (Å²) in [6.45, 7) is 9.04. The normalized spacial score (nSPS) is 14.1. The highest BCUT2D eigenvalue weighted by atomic mass is 35.5. The van der Waals surface area contributed by atoms with E-state index >= 15 is 0 Å². The number of hydrogen-bond acceptors (Lipinski definition) is 2. The molecule has 5 heteroatoms. The zero-order chi connectivity index (χ0) is 14.4. The predicted octanol–water partition coefficient (Wildman–Crippen LogP) is 4.16. The Morgan fingerprint density at radius 3 is 2.37 bits per heavy atom. The van der Waals surface area contributed by atoms with Crippen molar-refractivity contribution < 1.29 is 0 Å². The molecular formula is C14H19Cl2N3. The lowest BCUT2D eigenvalue weighted by molar-refractivity contribution is 0.464. The average molecular weight is 300 g/mol. The van der Waals surface area contributed by atoms with Gasteiger partial charge in [-0.1, -0.05) is 44.0 Å². The van der Waals surface area contributed by atoms with Crippen LogP contribution in [0.2, 0.25) is 10.0 Å². The Balaban J connectivity index is 2.82. The topological polar surface area (TPSA) is 43.8 Å². The Kier molecular flexibility index (Phi) is 3.83. The lowest BCUT2D eigenvalue weighted by Gasteiger charge is -2.23. The number of fused-ring (bicyclic) bond motifs is 1. The minimum atomic E-state index is -0.0681. The first-order valence-corrected chi connectivity index (χ1v) is 7.09. The molecule has 0 fully saturated rings. The van der Waals surface area contributed by atoms with E-state index in [1.54, 1.807) is 0 Å². The number of aromatic nitrogens is 2. The van der Waals surface area contributed by atoms with Crippen molar-refractivity contribution in [3.05, 3.63) is 28.0 Å². The lowest BCUT2D eigenvalue weighted by Crippen LogP contribution is -2.24. The van der Waals surface area contributed by atoms with Crippen molar-refractivity contribution in [1.82, 2.24) is 9.55 Å². The third-order valence-electron chi connectivity index (χ3n) is 3.18. The molecule has 0 saturated heterocycles. The molecule has 0 aliphatic heterocycles. The number of hydrogen-bond donors (Lipinski definition) is 1. The van der Waals surface area contributed by atoms with Crippen molar-refractivity contribution in [2.75, 3.05) is 6.54 Å². The van der Waals surface area contributed by atoms with Gasteiger partial charge in [-0.2, -0.15) is 0 Å². The molecule has 1 atom stereocenters. The van der Waals surface area contributed by atoms with Gasteiger partial charge < -0.3 is 10.3 Å². The quantitative estimate of drug-likeness (QED) is 0.905. The van der Waals surface area contributed by atoms with Crippen molar-refractivity contribution in [3.63, 3.8) is 0 Å². The maximum atomic E-state index is 6.13. The Bertz CT molecular complexity index is 611.